The molecule has 0 saturated heterocycles. The standard InChI is InChI=1S/C15H15BrClNO4S2/c1-23(19,20)13-5-6-14(16)15(10-13)24(21,22)18-8-7-11-3-2-4-12(17)9-11/h2-6,9-10,18H,7-8H2,1H3. The van der Waals surface area contributed by atoms with Crippen LogP contribution < -0.4 is 4.72 Å². The lowest BCUT2D eigenvalue weighted by Crippen LogP contribution is -2.26. The summed E-state index contributed by atoms with van der Waals surface area (Å²) in [6.45, 7) is 0.165. The van der Waals surface area contributed by atoms with Gasteiger partial charge in [0.2, 0.25) is 10.0 Å². The average molecular weight is 453 g/mol. The quantitative estimate of drug-likeness (QED) is 0.730. The smallest absolute Gasteiger partial charge is 0.224 e. The van der Waals surface area contributed by atoms with Crippen molar-refractivity contribution in [1.82, 2.24) is 4.72 Å². The molecule has 0 heterocycles. The van der Waals surface area contributed by atoms with Crippen LogP contribution in [0.25, 0.3) is 0 Å². The lowest BCUT2D eigenvalue weighted by molar-refractivity contribution is 0.580. The largest absolute Gasteiger partial charge is 0.241 e. The highest BCUT2D eigenvalue weighted by molar-refractivity contribution is 9.10. The molecule has 0 fully saturated rings. The molecule has 0 amide bonds. The average Bonchev–Trinajstić information content (AvgIpc) is 2.46. The van der Waals surface area contributed by atoms with Crippen molar-refractivity contribution in [2.75, 3.05) is 12.8 Å². The Labute approximate surface area is 155 Å². The first-order valence-electron chi connectivity index (χ1n) is 6.83. The Bertz CT molecular complexity index is 959. The fraction of sp³-hybridized carbons (Fsp3) is 0.200. The Balaban J connectivity index is 2.18. The van der Waals surface area contributed by atoms with Crippen molar-refractivity contribution in [3.63, 3.8) is 0 Å². The number of nitrogens with one attached hydrogen (secondary N) is 1. The van der Waals surface area contributed by atoms with Crippen LogP contribution in [0.5, 0.6) is 0 Å². The molecule has 0 radical (unpaired) electrons. The summed E-state index contributed by atoms with van der Waals surface area (Å²) in [6.07, 6.45) is 1.49. The zero-order valence-corrected chi connectivity index (χ0v) is 16.6. The lowest BCUT2D eigenvalue weighted by Gasteiger charge is -2.10. The van der Waals surface area contributed by atoms with E-state index in [1.165, 1.54) is 12.1 Å². The molecule has 2 rings (SSSR count). The summed E-state index contributed by atoms with van der Waals surface area (Å²) < 4.78 is 50.8. The predicted octanol–water partition coefficient (Wildman–Crippen LogP) is 3.03. The van der Waals surface area contributed by atoms with Crippen molar-refractivity contribution < 1.29 is 16.8 Å². The molecule has 0 bridgehead atoms. The van der Waals surface area contributed by atoms with Gasteiger partial charge >= 0.3 is 0 Å². The fourth-order valence-electron chi connectivity index (χ4n) is 2.02. The van der Waals surface area contributed by atoms with Gasteiger partial charge in [-0.05, 0) is 58.2 Å². The molecule has 24 heavy (non-hydrogen) atoms. The third-order valence-electron chi connectivity index (χ3n) is 3.22. The molecular formula is C15H15BrClNO4S2. The van der Waals surface area contributed by atoms with Crippen molar-refractivity contribution in [1.29, 1.82) is 0 Å². The number of sulfonamides is 1. The minimum atomic E-state index is -3.85. The summed E-state index contributed by atoms with van der Waals surface area (Å²) in [6, 6.07) is 11.0. The molecule has 1 N–H and O–H groups in total. The first kappa shape index (κ1) is 19.4. The molecule has 9 heteroatoms. The van der Waals surface area contributed by atoms with E-state index in [0.29, 0.717) is 15.9 Å². The normalized spacial score (nSPS) is 12.3. The van der Waals surface area contributed by atoms with Crippen molar-refractivity contribution in [3.05, 3.63) is 57.5 Å². The maximum absolute atomic E-state index is 12.4. The lowest BCUT2D eigenvalue weighted by atomic mass is 10.2. The van der Waals surface area contributed by atoms with Crippen molar-refractivity contribution >= 4 is 47.4 Å². The van der Waals surface area contributed by atoms with Crippen LogP contribution in [0.2, 0.25) is 5.02 Å². The second-order valence-electron chi connectivity index (χ2n) is 5.14. The highest BCUT2D eigenvalue weighted by Gasteiger charge is 2.20. The van der Waals surface area contributed by atoms with Crippen LogP contribution in [-0.4, -0.2) is 29.6 Å². The molecule has 0 aromatic heterocycles. The van der Waals surface area contributed by atoms with Gasteiger partial charge in [0.1, 0.15) is 0 Å². The molecular weight excluding hydrogens is 438 g/mol. The highest BCUT2D eigenvalue weighted by Crippen LogP contribution is 2.25. The Morgan fingerprint density at radius 2 is 1.79 bits per heavy atom. The van der Waals surface area contributed by atoms with Gasteiger partial charge in [-0.15, -0.1) is 0 Å². The maximum atomic E-state index is 12.4. The number of sulfone groups is 1. The Kier molecular flexibility index (Phi) is 6.09. The topological polar surface area (TPSA) is 80.3 Å². The second kappa shape index (κ2) is 7.53. The Morgan fingerprint density at radius 3 is 2.42 bits per heavy atom. The van der Waals surface area contributed by atoms with E-state index in [4.69, 9.17) is 11.6 Å². The minimum Gasteiger partial charge on any atom is -0.224 e. The molecule has 0 atom stereocenters. The van der Waals surface area contributed by atoms with E-state index in [-0.39, 0.29) is 16.3 Å². The Hall–Kier alpha value is -0.930. The number of rotatable bonds is 6. The van der Waals surface area contributed by atoms with Crippen molar-refractivity contribution in [2.45, 2.75) is 16.2 Å². The van der Waals surface area contributed by atoms with Gasteiger partial charge in [0.15, 0.2) is 9.84 Å². The molecule has 2 aromatic rings. The number of benzene rings is 2. The molecule has 0 aliphatic heterocycles. The van der Waals surface area contributed by atoms with E-state index in [0.717, 1.165) is 17.9 Å². The Morgan fingerprint density at radius 1 is 1.08 bits per heavy atom. The monoisotopic (exact) mass is 451 g/mol. The molecule has 0 aliphatic carbocycles. The van der Waals surface area contributed by atoms with E-state index >= 15 is 0 Å². The summed E-state index contributed by atoms with van der Waals surface area (Å²) in [5.41, 5.74) is 0.897. The first-order valence-corrected chi connectivity index (χ1v) is 11.4. The van der Waals surface area contributed by atoms with Crippen LogP contribution in [0.3, 0.4) is 0 Å². The van der Waals surface area contributed by atoms with Crippen LogP contribution >= 0.6 is 27.5 Å². The fourth-order valence-corrected chi connectivity index (χ4v) is 4.97. The SMILES string of the molecule is CS(=O)(=O)c1ccc(Br)c(S(=O)(=O)NCCc2cccc(Cl)c2)c1. The number of halogens is 2. The van der Waals surface area contributed by atoms with Gasteiger partial charge in [0.25, 0.3) is 0 Å². The van der Waals surface area contributed by atoms with Gasteiger partial charge in [0, 0.05) is 22.3 Å². The predicted molar refractivity (Wildman–Crippen MR) is 97.6 cm³/mol. The first-order chi connectivity index (χ1) is 11.1. The van der Waals surface area contributed by atoms with Gasteiger partial charge in [-0.2, -0.15) is 0 Å². The van der Waals surface area contributed by atoms with Crippen LogP contribution in [0.15, 0.2) is 56.7 Å². The third-order valence-corrected chi connectivity index (χ3v) is 7.02. The zero-order valence-electron chi connectivity index (χ0n) is 12.7. The van der Waals surface area contributed by atoms with Crippen LogP contribution in [-0.2, 0) is 26.3 Å². The molecule has 5 nitrogen and oxygen atoms in total. The number of hydrogen-bond acceptors (Lipinski definition) is 4. The molecule has 130 valence electrons. The van der Waals surface area contributed by atoms with E-state index in [1.807, 2.05) is 6.07 Å². The van der Waals surface area contributed by atoms with E-state index in [2.05, 4.69) is 20.7 Å². The van der Waals surface area contributed by atoms with Crippen molar-refractivity contribution in [2.24, 2.45) is 0 Å². The van der Waals surface area contributed by atoms with Gasteiger partial charge in [-0.25, -0.2) is 21.6 Å². The van der Waals surface area contributed by atoms with Gasteiger partial charge in [-0.3, -0.25) is 0 Å². The third kappa shape index (κ3) is 5.03. The molecule has 0 aliphatic rings. The summed E-state index contributed by atoms with van der Waals surface area (Å²) in [5, 5.41) is 0.582. The minimum absolute atomic E-state index is 0.0547. The van der Waals surface area contributed by atoms with Gasteiger partial charge in [0.05, 0.1) is 9.79 Å². The molecule has 0 unspecified atom stereocenters. The highest BCUT2D eigenvalue weighted by atomic mass is 79.9. The van der Waals surface area contributed by atoms with Crippen LogP contribution in [0.4, 0.5) is 0 Å². The summed E-state index contributed by atoms with van der Waals surface area (Å²) >= 11 is 9.04. The van der Waals surface area contributed by atoms with Crippen LogP contribution in [0.1, 0.15) is 5.56 Å². The zero-order chi connectivity index (χ0) is 18.0. The molecule has 2 aromatic carbocycles. The van der Waals surface area contributed by atoms with E-state index in [1.54, 1.807) is 18.2 Å². The number of hydrogen-bond donors (Lipinski definition) is 1. The summed E-state index contributed by atoms with van der Waals surface area (Å²) in [5.74, 6) is 0. The van der Waals surface area contributed by atoms with Crippen LogP contribution in [0, 0.1) is 0 Å². The molecule has 0 spiro atoms. The van der Waals surface area contributed by atoms with Crippen molar-refractivity contribution in [3.8, 4) is 0 Å². The second-order valence-corrected chi connectivity index (χ2v) is 10.2. The summed E-state index contributed by atoms with van der Waals surface area (Å²) in [7, 11) is -7.35. The summed E-state index contributed by atoms with van der Waals surface area (Å²) in [4.78, 5) is -0.169. The van der Waals surface area contributed by atoms with E-state index in [9.17, 15) is 16.8 Å². The molecule has 0 saturated carbocycles. The van der Waals surface area contributed by atoms with Gasteiger partial charge < -0.3 is 0 Å². The van der Waals surface area contributed by atoms with Gasteiger partial charge in [-0.1, -0.05) is 23.7 Å². The van der Waals surface area contributed by atoms with E-state index < -0.39 is 19.9 Å². The maximum Gasteiger partial charge on any atom is 0.241 e.